The molecule has 0 spiro atoms. The quantitative estimate of drug-likeness (QED) is 0.698. The predicted molar refractivity (Wildman–Crippen MR) is 80.5 cm³/mol. The van der Waals surface area contributed by atoms with Crippen molar-refractivity contribution in [1.29, 1.82) is 0 Å². The molecule has 0 aliphatic heterocycles. The van der Waals surface area contributed by atoms with Crippen LogP contribution in [-0.2, 0) is 13.0 Å². The highest BCUT2D eigenvalue weighted by molar-refractivity contribution is 5.82. The second-order valence-corrected chi connectivity index (χ2v) is 4.94. The summed E-state index contributed by atoms with van der Waals surface area (Å²) in [6.07, 6.45) is 4.55. The minimum Gasteiger partial charge on any atom is -0.348 e. The lowest BCUT2D eigenvalue weighted by atomic mass is 10.1. The summed E-state index contributed by atoms with van der Waals surface area (Å²) in [7, 11) is 0. The molecule has 1 aromatic carbocycles. The Hall–Kier alpha value is -2.20. The first-order chi connectivity index (χ1) is 9.83. The minimum atomic E-state index is 0.859. The van der Waals surface area contributed by atoms with E-state index in [2.05, 4.69) is 44.5 Å². The zero-order valence-corrected chi connectivity index (χ0v) is 11.6. The summed E-state index contributed by atoms with van der Waals surface area (Å²) in [6, 6.07) is 10.5. The van der Waals surface area contributed by atoms with Crippen LogP contribution in [0.1, 0.15) is 17.0 Å². The molecule has 0 aliphatic rings. The summed E-state index contributed by atoms with van der Waals surface area (Å²) >= 11 is 0. The number of pyridine rings is 1. The molecule has 2 heterocycles. The summed E-state index contributed by atoms with van der Waals surface area (Å²) in [5.41, 5.74) is 4.60. The van der Waals surface area contributed by atoms with Crippen LogP contribution in [-0.4, -0.2) is 21.5 Å². The van der Waals surface area contributed by atoms with Gasteiger partial charge in [-0.3, -0.25) is 4.98 Å². The number of rotatable bonds is 5. The van der Waals surface area contributed by atoms with Crippen LogP contribution in [0, 0.1) is 6.92 Å². The van der Waals surface area contributed by atoms with Crippen molar-refractivity contribution in [3.63, 3.8) is 0 Å². The molecule has 102 valence electrons. The number of hydrogen-bond acceptors (Lipinski definition) is 3. The van der Waals surface area contributed by atoms with Gasteiger partial charge in [0.2, 0.25) is 0 Å². The van der Waals surface area contributed by atoms with Gasteiger partial charge in [0, 0.05) is 42.5 Å². The van der Waals surface area contributed by atoms with Crippen LogP contribution in [0.25, 0.3) is 10.9 Å². The monoisotopic (exact) mass is 266 g/mol. The van der Waals surface area contributed by atoms with Crippen molar-refractivity contribution in [1.82, 2.24) is 20.3 Å². The van der Waals surface area contributed by atoms with E-state index in [1.807, 2.05) is 19.2 Å². The molecule has 0 fully saturated rings. The predicted octanol–water partition coefficient (Wildman–Crippen LogP) is 2.60. The molecular formula is C16H18N4. The zero-order valence-electron chi connectivity index (χ0n) is 11.6. The molecule has 0 atom stereocenters. The van der Waals surface area contributed by atoms with Gasteiger partial charge in [0.05, 0.1) is 11.8 Å². The van der Waals surface area contributed by atoms with Crippen LogP contribution in [0.3, 0.4) is 0 Å². The second-order valence-electron chi connectivity index (χ2n) is 4.94. The fourth-order valence-electron chi connectivity index (χ4n) is 2.41. The van der Waals surface area contributed by atoms with Crippen LogP contribution < -0.4 is 5.32 Å². The molecule has 0 aliphatic carbocycles. The summed E-state index contributed by atoms with van der Waals surface area (Å²) in [5, 5.41) is 4.71. The van der Waals surface area contributed by atoms with Crippen molar-refractivity contribution in [2.24, 2.45) is 0 Å². The number of benzene rings is 1. The Morgan fingerprint density at radius 2 is 2.15 bits per heavy atom. The van der Waals surface area contributed by atoms with Gasteiger partial charge in [0.1, 0.15) is 0 Å². The molecule has 2 N–H and O–H groups in total. The van der Waals surface area contributed by atoms with Crippen LogP contribution in [0.5, 0.6) is 0 Å². The number of nitrogens with zero attached hydrogens (tertiary/aromatic N) is 2. The molecule has 0 radical (unpaired) electrons. The summed E-state index contributed by atoms with van der Waals surface area (Å²) in [4.78, 5) is 11.7. The highest BCUT2D eigenvalue weighted by atomic mass is 14.9. The van der Waals surface area contributed by atoms with E-state index in [0.29, 0.717) is 0 Å². The first-order valence-electron chi connectivity index (χ1n) is 6.86. The third kappa shape index (κ3) is 2.86. The van der Waals surface area contributed by atoms with E-state index in [1.54, 1.807) is 6.33 Å². The molecule has 3 aromatic rings. The van der Waals surface area contributed by atoms with Gasteiger partial charge in [-0.2, -0.15) is 0 Å². The van der Waals surface area contributed by atoms with Gasteiger partial charge < -0.3 is 10.3 Å². The van der Waals surface area contributed by atoms with Crippen LogP contribution >= 0.6 is 0 Å². The van der Waals surface area contributed by atoms with Crippen molar-refractivity contribution < 1.29 is 0 Å². The van der Waals surface area contributed by atoms with Gasteiger partial charge in [-0.05, 0) is 24.6 Å². The number of imidazole rings is 1. The molecule has 0 unspecified atom stereocenters. The number of hydrogen-bond donors (Lipinski definition) is 2. The van der Waals surface area contributed by atoms with Crippen LogP contribution in [0.15, 0.2) is 42.9 Å². The Labute approximate surface area is 118 Å². The molecule has 0 saturated carbocycles. The lowest BCUT2D eigenvalue weighted by molar-refractivity contribution is 0.683. The molecular weight excluding hydrogens is 248 g/mol. The maximum Gasteiger partial charge on any atom is 0.0921 e. The molecule has 4 heteroatoms. The number of aromatic amines is 1. The Kier molecular flexibility index (Phi) is 3.74. The molecule has 2 aromatic heterocycles. The number of aromatic nitrogens is 3. The fraction of sp³-hybridized carbons (Fsp3) is 0.250. The Morgan fingerprint density at radius 1 is 1.25 bits per heavy atom. The second kappa shape index (κ2) is 5.84. The maximum absolute atomic E-state index is 4.56. The average Bonchev–Trinajstić information content (AvgIpc) is 2.96. The van der Waals surface area contributed by atoms with Gasteiger partial charge in [-0.1, -0.05) is 18.2 Å². The molecule has 0 amide bonds. The number of nitrogens with one attached hydrogen (secondary N) is 2. The van der Waals surface area contributed by atoms with Gasteiger partial charge >= 0.3 is 0 Å². The topological polar surface area (TPSA) is 53.6 Å². The van der Waals surface area contributed by atoms with E-state index in [0.717, 1.165) is 36.4 Å². The van der Waals surface area contributed by atoms with Gasteiger partial charge in [-0.15, -0.1) is 0 Å². The lowest BCUT2D eigenvalue weighted by Crippen LogP contribution is -2.17. The van der Waals surface area contributed by atoms with E-state index in [-0.39, 0.29) is 0 Å². The Balaban J connectivity index is 1.68. The van der Waals surface area contributed by atoms with Gasteiger partial charge in [0.25, 0.3) is 0 Å². The van der Waals surface area contributed by atoms with E-state index in [4.69, 9.17) is 0 Å². The lowest BCUT2D eigenvalue weighted by Gasteiger charge is -2.09. The highest BCUT2D eigenvalue weighted by Gasteiger charge is 2.03. The summed E-state index contributed by atoms with van der Waals surface area (Å²) in [5.74, 6) is 0. The van der Waals surface area contributed by atoms with Crippen molar-refractivity contribution >= 4 is 10.9 Å². The number of para-hydroxylation sites is 1. The van der Waals surface area contributed by atoms with Crippen LogP contribution in [0.4, 0.5) is 0 Å². The van der Waals surface area contributed by atoms with Gasteiger partial charge in [-0.25, -0.2) is 4.98 Å². The van der Waals surface area contributed by atoms with Crippen molar-refractivity contribution in [2.45, 2.75) is 19.9 Å². The third-order valence-corrected chi connectivity index (χ3v) is 3.37. The standard InChI is InChI=1S/C16H18N4/c1-12-8-13(15-4-2-3-5-16(15)20-12)9-17-7-6-14-10-18-11-19-14/h2-5,8,10-11,17H,6-7,9H2,1H3,(H,18,19). The average molecular weight is 266 g/mol. The number of H-pyrrole nitrogens is 1. The normalized spacial score (nSPS) is 11.1. The first kappa shape index (κ1) is 12.8. The first-order valence-corrected chi connectivity index (χ1v) is 6.86. The summed E-state index contributed by atoms with van der Waals surface area (Å²) < 4.78 is 0. The Morgan fingerprint density at radius 3 is 3.00 bits per heavy atom. The molecule has 0 bridgehead atoms. The molecule has 4 nitrogen and oxygen atoms in total. The molecule has 3 rings (SSSR count). The van der Waals surface area contributed by atoms with E-state index >= 15 is 0 Å². The number of aryl methyl sites for hydroxylation is 1. The van der Waals surface area contributed by atoms with E-state index in [9.17, 15) is 0 Å². The summed E-state index contributed by atoms with van der Waals surface area (Å²) in [6.45, 7) is 3.83. The maximum atomic E-state index is 4.56. The molecule has 0 saturated heterocycles. The number of fused-ring (bicyclic) bond motifs is 1. The van der Waals surface area contributed by atoms with E-state index < -0.39 is 0 Å². The SMILES string of the molecule is Cc1cc(CNCCc2cnc[nH]2)c2ccccc2n1. The minimum absolute atomic E-state index is 0.859. The fourth-order valence-corrected chi connectivity index (χ4v) is 2.41. The Bertz CT molecular complexity index is 689. The van der Waals surface area contributed by atoms with Crippen LogP contribution in [0.2, 0.25) is 0 Å². The third-order valence-electron chi connectivity index (χ3n) is 3.37. The highest BCUT2D eigenvalue weighted by Crippen LogP contribution is 2.17. The van der Waals surface area contributed by atoms with Crippen molar-refractivity contribution in [2.75, 3.05) is 6.54 Å². The molecule has 20 heavy (non-hydrogen) atoms. The van der Waals surface area contributed by atoms with Crippen molar-refractivity contribution in [3.05, 3.63) is 59.8 Å². The van der Waals surface area contributed by atoms with Gasteiger partial charge in [0.15, 0.2) is 0 Å². The van der Waals surface area contributed by atoms with Crippen molar-refractivity contribution in [3.8, 4) is 0 Å². The smallest absolute Gasteiger partial charge is 0.0921 e. The zero-order chi connectivity index (χ0) is 13.8. The largest absolute Gasteiger partial charge is 0.348 e. The van der Waals surface area contributed by atoms with E-state index in [1.165, 1.54) is 10.9 Å².